The van der Waals surface area contributed by atoms with Crippen LogP contribution in [0.3, 0.4) is 0 Å². The van der Waals surface area contributed by atoms with Crippen molar-refractivity contribution in [3.05, 3.63) is 87.4 Å². The molecule has 0 saturated heterocycles. The van der Waals surface area contributed by atoms with Crippen LogP contribution in [0.1, 0.15) is 35.3 Å². The third kappa shape index (κ3) is 8.15. The van der Waals surface area contributed by atoms with E-state index in [1.165, 1.54) is 0 Å². The summed E-state index contributed by atoms with van der Waals surface area (Å²) in [5.74, 6) is -0.413. The van der Waals surface area contributed by atoms with Gasteiger partial charge in [-0.15, -0.1) is 0 Å². The highest BCUT2D eigenvalue weighted by Gasteiger charge is 2.35. The summed E-state index contributed by atoms with van der Waals surface area (Å²) in [5.41, 5.74) is 0.633. The van der Waals surface area contributed by atoms with E-state index in [2.05, 4.69) is 10.6 Å². The Balaban J connectivity index is 1.60. The largest absolute Gasteiger partial charge is 0.486 e. The number of para-hydroxylation sites is 1. The first kappa shape index (κ1) is 33.4. The van der Waals surface area contributed by atoms with Gasteiger partial charge < -0.3 is 25.4 Å². The normalized spacial score (nSPS) is 17.8. The van der Waals surface area contributed by atoms with E-state index in [0.29, 0.717) is 29.7 Å². The van der Waals surface area contributed by atoms with Crippen molar-refractivity contribution in [1.82, 2.24) is 9.80 Å². The molecular formula is C31H33Cl2F3N4O4. The zero-order valence-electron chi connectivity index (χ0n) is 24.3. The predicted molar refractivity (Wildman–Crippen MR) is 164 cm³/mol. The summed E-state index contributed by atoms with van der Waals surface area (Å²) in [6, 6.07) is 12.9. The van der Waals surface area contributed by atoms with Crippen molar-refractivity contribution in [2.45, 2.75) is 38.7 Å². The lowest BCUT2D eigenvalue weighted by molar-refractivity contribution is -0.137. The second kappa shape index (κ2) is 14.1. The Bertz CT molecular complexity index is 1490. The maximum Gasteiger partial charge on any atom is 0.416 e. The van der Waals surface area contributed by atoms with Crippen LogP contribution in [0, 0.1) is 5.92 Å². The molecule has 1 aliphatic rings. The van der Waals surface area contributed by atoms with Crippen molar-refractivity contribution < 1.29 is 32.6 Å². The molecule has 0 fully saturated rings. The number of benzene rings is 3. The van der Waals surface area contributed by atoms with E-state index in [4.69, 9.17) is 27.9 Å². The highest BCUT2D eigenvalue weighted by molar-refractivity contribution is 6.42. The number of carbonyl (C=O) groups excluding carboxylic acids is 2. The van der Waals surface area contributed by atoms with E-state index in [-0.39, 0.29) is 41.1 Å². The monoisotopic (exact) mass is 652 g/mol. The van der Waals surface area contributed by atoms with Crippen molar-refractivity contribution >= 4 is 46.5 Å². The average molecular weight is 654 g/mol. The van der Waals surface area contributed by atoms with Gasteiger partial charge in [-0.05, 0) is 68.1 Å². The number of hydrogen-bond acceptors (Lipinski definition) is 5. The van der Waals surface area contributed by atoms with Gasteiger partial charge in [0.15, 0.2) is 5.75 Å². The minimum Gasteiger partial charge on any atom is -0.486 e. The lowest BCUT2D eigenvalue weighted by atomic mass is 9.99. The molecule has 3 aromatic rings. The number of ether oxygens (including phenoxy) is 1. The number of aliphatic hydroxyl groups is 1. The van der Waals surface area contributed by atoms with Crippen molar-refractivity contribution in [2.75, 3.05) is 37.4 Å². The van der Waals surface area contributed by atoms with E-state index in [1.807, 2.05) is 24.9 Å². The molecule has 0 spiro atoms. The van der Waals surface area contributed by atoms with Crippen LogP contribution >= 0.6 is 23.2 Å². The quantitative estimate of drug-likeness (QED) is 0.243. The topological polar surface area (TPSA) is 94.1 Å². The third-order valence-corrected chi connectivity index (χ3v) is 8.08. The van der Waals surface area contributed by atoms with Gasteiger partial charge in [-0.3, -0.25) is 9.69 Å². The maximum atomic E-state index is 13.7. The molecule has 13 heteroatoms. The van der Waals surface area contributed by atoms with E-state index in [0.717, 1.165) is 29.8 Å². The first-order valence-corrected chi connectivity index (χ1v) is 14.6. The van der Waals surface area contributed by atoms with Crippen molar-refractivity contribution in [3.8, 4) is 5.75 Å². The number of rotatable bonds is 8. The molecule has 1 heterocycles. The zero-order chi connectivity index (χ0) is 32.2. The number of alkyl halides is 3. The average Bonchev–Trinajstić information content (AvgIpc) is 2.96. The van der Waals surface area contributed by atoms with Gasteiger partial charge in [-0.25, -0.2) is 4.79 Å². The summed E-state index contributed by atoms with van der Waals surface area (Å²) < 4.78 is 45.3. The Morgan fingerprint density at radius 3 is 2.45 bits per heavy atom. The van der Waals surface area contributed by atoms with Gasteiger partial charge in [-0.2, -0.15) is 13.2 Å². The van der Waals surface area contributed by atoms with Crippen LogP contribution < -0.4 is 15.4 Å². The van der Waals surface area contributed by atoms with Crippen LogP contribution in [0.15, 0.2) is 60.7 Å². The molecule has 3 N–H and O–H groups in total. The van der Waals surface area contributed by atoms with Crippen LogP contribution in [0.2, 0.25) is 10.0 Å². The van der Waals surface area contributed by atoms with Gasteiger partial charge in [-0.1, -0.05) is 42.3 Å². The van der Waals surface area contributed by atoms with Gasteiger partial charge in [0.1, 0.15) is 6.10 Å². The third-order valence-electron chi connectivity index (χ3n) is 7.34. The molecule has 4 rings (SSSR count). The summed E-state index contributed by atoms with van der Waals surface area (Å²) in [5, 5.41) is 16.0. The molecule has 0 radical (unpaired) electrons. The van der Waals surface area contributed by atoms with E-state index < -0.39 is 29.9 Å². The van der Waals surface area contributed by atoms with Gasteiger partial charge in [0.05, 0.1) is 39.5 Å². The highest BCUT2D eigenvalue weighted by Crippen LogP contribution is 2.35. The molecule has 0 bridgehead atoms. The van der Waals surface area contributed by atoms with Crippen molar-refractivity contribution in [3.63, 3.8) is 0 Å². The molecule has 0 saturated carbocycles. The fourth-order valence-corrected chi connectivity index (χ4v) is 5.23. The van der Waals surface area contributed by atoms with E-state index in [9.17, 15) is 27.9 Å². The number of aliphatic hydroxyl groups excluding tert-OH is 1. The van der Waals surface area contributed by atoms with Gasteiger partial charge in [0.25, 0.3) is 5.91 Å². The fourth-order valence-electron chi connectivity index (χ4n) is 4.91. The van der Waals surface area contributed by atoms with Crippen molar-refractivity contribution in [2.24, 2.45) is 5.92 Å². The Morgan fingerprint density at radius 2 is 1.82 bits per heavy atom. The summed E-state index contributed by atoms with van der Waals surface area (Å²) in [4.78, 5) is 30.2. The van der Waals surface area contributed by atoms with Crippen LogP contribution in [-0.4, -0.2) is 65.7 Å². The summed E-state index contributed by atoms with van der Waals surface area (Å²) in [6.07, 6.45) is -4.96. The molecule has 3 atom stereocenters. The Labute approximate surface area is 263 Å². The smallest absolute Gasteiger partial charge is 0.416 e. The molecule has 8 nitrogen and oxygen atoms in total. The number of halogens is 5. The van der Waals surface area contributed by atoms with Crippen LogP contribution in [0.4, 0.5) is 29.3 Å². The first-order chi connectivity index (χ1) is 20.8. The van der Waals surface area contributed by atoms with Gasteiger partial charge in [0, 0.05) is 31.2 Å². The summed E-state index contributed by atoms with van der Waals surface area (Å²) in [6.45, 7) is 4.73. The minimum absolute atomic E-state index is 0.143. The first-order valence-electron chi connectivity index (χ1n) is 13.9. The molecule has 1 aliphatic heterocycles. The zero-order valence-corrected chi connectivity index (χ0v) is 25.8. The number of urea groups is 1. The predicted octanol–water partition coefficient (Wildman–Crippen LogP) is 7.01. The van der Waals surface area contributed by atoms with Crippen LogP contribution in [0.5, 0.6) is 5.75 Å². The molecule has 0 unspecified atom stereocenters. The second-order valence-electron chi connectivity index (χ2n) is 10.9. The molecule has 3 amide bonds. The molecule has 3 aromatic carbocycles. The van der Waals surface area contributed by atoms with Gasteiger partial charge >= 0.3 is 12.2 Å². The Kier molecular flexibility index (Phi) is 10.7. The standard InChI is InChI=1S/C31H33Cl2F3N4O4/c1-18-14-40(19(2)17-41)29(42)23-5-4-6-26(38-30(43)37-22-10-8-21(9-11-22)31(34,35)36)28(23)44-27(18)16-39(3)15-20-7-12-24(32)25(33)13-20/h4-13,18-19,27,41H,14-17H2,1-3H3,(H2,37,38,43)/t18-,19+,27-/m0/s1. The molecular weight excluding hydrogens is 620 g/mol. The molecule has 0 aliphatic carbocycles. The fraction of sp³-hybridized carbons (Fsp3) is 0.355. The Morgan fingerprint density at radius 1 is 1.11 bits per heavy atom. The molecule has 0 aromatic heterocycles. The summed E-state index contributed by atoms with van der Waals surface area (Å²) >= 11 is 12.3. The van der Waals surface area contributed by atoms with Crippen LogP contribution in [-0.2, 0) is 12.7 Å². The number of nitrogens with one attached hydrogen (secondary N) is 2. The highest BCUT2D eigenvalue weighted by atomic mass is 35.5. The van der Waals surface area contributed by atoms with E-state index >= 15 is 0 Å². The molecule has 236 valence electrons. The number of fused-ring (bicyclic) bond motifs is 1. The number of nitrogens with zero attached hydrogens (tertiary/aromatic N) is 2. The number of carbonyl (C=O) groups is 2. The number of anilines is 2. The summed E-state index contributed by atoms with van der Waals surface area (Å²) in [7, 11) is 1.92. The number of likely N-dealkylation sites (N-methyl/N-ethyl adjacent to an activating group) is 1. The van der Waals surface area contributed by atoms with Crippen LogP contribution in [0.25, 0.3) is 0 Å². The SMILES string of the molecule is C[C@H](CO)N1C[C@H](C)[C@H](CN(C)Cc2ccc(Cl)c(Cl)c2)Oc2c(NC(=O)Nc3ccc(C(F)(F)F)cc3)cccc2C1=O. The van der Waals surface area contributed by atoms with Crippen molar-refractivity contribution in [1.29, 1.82) is 0 Å². The lowest BCUT2D eigenvalue weighted by Gasteiger charge is -2.38. The Hall–Kier alpha value is -3.51. The maximum absolute atomic E-state index is 13.7. The minimum atomic E-state index is -4.50. The number of amides is 3. The number of hydrogen-bond donors (Lipinski definition) is 3. The van der Waals surface area contributed by atoms with E-state index in [1.54, 1.807) is 42.2 Å². The second-order valence-corrected chi connectivity index (χ2v) is 11.7. The molecule has 44 heavy (non-hydrogen) atoms. The van der Waals surface area contributed by atoms with Gasteiger partial charge in [0.2, 0.25) is 0 Å². The lowest BCUT2D eigenvalue weighted by Crippen LogP contribution is -2.49.